The Morgan fingerprint density at radius 2 is 1.00 bits per heavy atom. The third-order valence-electron chi connectivity index (χ3n) is 5.80. The fraction of sp³-hybridized carbons (Fsp3) is 0.0333. The van der Waals surface area contributed by atoms with Gasteiger partial charge in [0.2, 0.25) is 0 Å². The third-order valence-corrected chi connectivity index (χ3v) is 6.30. The van der Waals surface area contributed by atoms with Crippen molar-refractivity contribution >= 4 is 23.2 Å². The van der Waals surface area contributed by atoms with Gasteiger partial charge in [-0.15, -0.1) is 0 Å². The van der Waals surface area contributed by atoms with Crippen LogP contribution in [-0.4, -0.2) is 4.98 Å². The lowest BCUT2D eigenvalue weighted by atomic mass is 9.92. The minimum atomic E-state index is -0.320. The molecule has 5 heteroatoms. The smallest absolute Gasteiger partial charge is 0.123 e. The Morgan fingerprint density at radius 1 is 0.543 bits per heavy atom. The van der Waals surface area contributed by atoms with Gasteiger partial charge in [-0.3, -0.25) is 0 Å². The van der Waals surface area contributed by atoms with Crippen molar-refractivity contribution < 1.29 is 8.78 Å². The summed E-state index contributed by atoms with van der Waals surface area (Å²) in [5.41, 5.74) is 6.86. The summed E-state index contributed by atoms with van der Waals surface area (Å²) in [6.45, 7) is 0. The summed E-state index contributed by atoms with van der Waals surface area (Å²) in [6, 6.07) is 29.9. The molecule has 0 aliphatic carbocycles. The lowest BCUT2D eigenvalue weighted by Crippen LogP contribution is -2.00. The first-order valence-electron chi connectivity index (χ1n) is 11.0. The van der Waals surface area contributed by atoms with E-state index in [4.69, 9.17) is 28.2 Å². The molecule has 5 rings (SSSR count). The van der Waals surface area contributed by atoms with E-state index in [1.165, 1.54) is 24.3 Å². The summed E-state index contributed by atoms with van der Waals surface area (Å²) in [6.07, 6.45) is 0.598. The lowest BCUT2D eigenvalue weighted by molar-refractivity contribution is 0.627. The molecule has 0 radical (unpaired) electrons. The van der Waals surface area contributed by atoms with Crippen LogP contribution in [0.15, 0.2) is 103 Å². The zero-order chi connectivity index (χ0) is 24.4. The van der Waals surface area contributed by atoms with Crippen molar-refractivity contribution in [3.8, 4) is 33.6 Å². The molecule has 1 aromatic heterocycles. The van der Waals surface area contributed by atoms with E-state index in [9.17, 15) is 8.78 Å². The van der Waals surface area contributed by atoms with Gasteiger partial charge in [0, 0.05) is 26.7 Å². The zero-order valence-electron chi connectivity index (χ0n) is 18.5. The van der Waals surface area contributed by atoms with E-state index in [2.05, 4.69) is 6.07 Å². The molecule has 5 aromatic rings. The molecule has 0 aliphatic heterocycles. The molecule has 0 atom stereocenters. The first-order chi connectivity index (χ1) is 17.0. The van der Waals surface area contributed by atoms with Crippen LogP contribution in [0.25, 0.3) is 33.6 Å². The van der Waals surface area contributed by atoms with Crippen LogP contribution in [0, 0.1) is 11.6 Å². The third kappa shape index (κ3) is 5.27. The van der Waals surface area contributed by atoms with Crippen LogP contribution in [0.4, 0.5) is 8.78 Å². The molecule has 172 valence electrons. The highest BCUT2D eigenvalue weighted by Crippen LogP contribution is 2.37. The fourth-order valence-corrected chi connectivity index (χ4v) is 4.30. The van der Waals surface area contributed by atoms with Gasteiger partial charge in [-0.2, -0.15) is 0 Å². The van der Waals surface area contributed by atoms with Crippen LogP contribution in [0.1, 0.15) is 11.1 Å². The summed E-state index contributed by atoms with van der Waals surface area (Å²) in [7, 11) is 0. The van der Waals surface area contributed by atoms with Gasteiger partial charge in [0.15, 0.2) is 0 Å². The van der Waals surface area contributed by atoms with Crippen molar-refractivity contribution in [2.75, 3.05) is 0 Å². The van der Waals surface area contributed by atoms with Crippen molar-refractivity contribution in [3.05, 3.63) is 136 Å². The highest BCUT2D eigenvalue weighted by molar-refractivity contribution is 6.30. The molecular weight excluding hydrogens is 483 g/mol. The minimum absolute atomic E-state index is 0.315. The first kappa shape index (κ1) is 23.2. The van der Waals surface area contributed by atoms with E-state index in [1.54, 1.807) is 24.3 Å². The summed E-state index contributed by atoms with van der Waals surface area (Å²) >= 11 is 12.2. The van der Waals surface area contributed by atoms with Gasteiger partial charge in [0.05, 0.1) is 11.4 Å². The molecule has 0 saturated carbocycles. The lowest BCUT2D eigenvalue weighted by Gasteiger charge is -2.17. The number of nitrogens with zero attached hydrogens (tertiary/aromatic N) is 1. The summed E-state index contributed by atoms with van der Waals surface area (Å²) in [4.78, 5) is 5.08. The van der Waals surface area contributed by atoms with Crippen molar-refractivity contribution in [2.24, 2.45) is 0 Å². The predicted molar refractivity (Wildman–Crippen MR) is 140 cm³/mol. The number of aromatic nitrogens is 1. The summed E-state index contributed by atoms with van der Waals surface area (Å²) in [5, 5.41) is 1.30. The van der Waals surface area contributed by atoms with Crippen molar-refractivity contribution in [2.45, 2.75) is 6.42 Å². The van der Waals surface area contributed by atoms with Crippen LogP contribution in [0.2, 0.25) is 10.0 Å². The fourth-order valence-electron chi connectivity index (χ4n) is 4.05. The monoisotopic (exact) mass is 501 g/mol. The Labute approximate surface area is 212 Å². The average molecular weight is 502 g/mol. The van der Waals surface area contributed by atoms with Crippen LogP contribution in [-0.2, 0) is 6.42 Å². The molecular formula is C30H19Cl2F2N. The van der Waals surface area contributed by atoms with E-state index in [0.717, 1.165) is 39.1 Å². The van der Waals surface area contributed by atoms with Gasteiger partial charge in [-0.25, -0.2) is 13.8 Å². The van der Waals surface area contributed by atoms with Crippen molar-refractivity contribution in [1.29, 1.82) is 0 Å². The molecule has 1 nitrogen and oxygen atoms in total. The number of hydrogen-bond acceptors (Lipinski definition) is 1. The van der Waals surface area contributed by atoms with Crippen molar-refractivity contribution in [1.82, 2.24) is 4.98 Å². The second-order valence-corrected chi connectivity index (χ2v) is 9.09. The van der Waals surface area contributed by atoms with Gasteiger partial charge in [0.25, 0.3) is 0 Å². The Balaban J connectivity index is 1.75. The quantitative estimate of drug-likeness (QED) is 0.233. The van der Waals surface area contributed by atoms with Crippen molar-refractivity contribution in [3.63, 3.8) is 0 Å². The van der Waals surface area contributed by atoms with Crippen LogP contribution in [0.3, 0.4) is 0 Å². The molecule has 0 amide bonds. The second-order valence-electron chi connectivity index (χ2n) is 8.22. The Bertz CT molecular complexity index is 1460. The molecule has 0 spiro atoms. The van der Waals surface area contributed by atoms with E-state index < -0.39 is 0 Å². The summed E-state index contributed by atoms with van der Waals surface area (Å²) in [5.74, 6) is -0.635. The standard InChI is InChI=1S/C30H19Cl2F2N/c31-24-9-1-19(2-10-24)17-23-18-28(20-3-11-25(32)12-4-20)30(22-7-15-27(34)16-8-22)35-29(23)21-5-13-26(33)14-6-21/h1-16,18H,17H2. The van der Waals surface area contributed by atoms with E-state index in [-0.39, 0.29) is 11.6 Å². The topological polar surface area (TPSA) is 12.9 Å². The molecule has 0 unspecified atom stereocenters. The van der Waals surface area contributed by atoms with Crippen LogP contribution >= 0.6 is 23.2 Å². The van der Waals surface area contributed by atoms with E-state index >= 15 is 0 Å². The maximum Gasteiger partial charge on any atom is 0.123 e. The van der Waals surface area contributed by atoms with Gasteiger partial charge in [0.1, 0.15) is 11.6 Å². The highest BCUT2D eigenvalue weighted by atomic mass is 35.5. The maximum absolute atomic E-state index is 13.7. The largest absolute Gasteiger partial charge is 0.247 e. The Hall–Kier alpha value is -3.53. The zero-order valence-corrected chi connectivity index (χ0v) is 20.0. The van der Waals surface area contributed by atoms with Gasteiger partial charge in [-0.05, 0) is 102 Å². The molecule has 0 bridgehead atoms. The molecule has 0 N–H and O–H groups in total. The van der Waals surface area contributed by atoms with Gasteiger partial charge in [-0.1, -0.05) is 47.5 Å². The maximum atomic E-state index is 13.7. The molecule has 35 heavy (non-hydrogen) atoms. The molecule has 1 heterocycles. The van der Waals surface area contributed by atoms with Crippen LogP contribution < -0.4 is 0 Å². The molecule has 0 fully saturated rings. The number of benzene rings is 4. The number of rotatable bonds is 5. The summed E-state index contributed by atoms with van der Waals surface area (Å²) < 4.78 is 27.4. The molecule has 0 aliphatic rings. The first-order valence-corrected chi connectivity index (χ1v) is 11.8. The Morgan fingerprint density at radius 3 is 1.54 bits per heavy atom. The number of pyridine rings is 1. The van der Waals surface area contributed by atoms with Crippen LogP contribution in [0.5, 0.6) is 0 Å². The van der Waals surface area contributed by atoms with E-state index in [1.807, 2.05) is 48.5 Å². The second kappa shape index (κ2) is 9.99. The molecule has 0 saturated heterocycles. The highest BCUT2D eigenvalue weighted by Gasteiger charge is 2.17. The normalized spacial score (nSPS) is 11.0. The molecule has 4 aromatic carbocycles. The Kier molecular flexibility index (Phi) is 6.63. The average Bonchev–Trinajstić information content (AvgIpc) is 2.87. The van der Waals surface area contributed by atoms with E-state index in [0.29, 0.717) is 22.2 Å². The number of halogens is 4. The minimum Gasteiger partial charge on any atom is -0.247 e. The van der Waals surface area contributed by atoms with Gasteiger partial charge < -0.3 is 0 Å². The van der Waals surface area contributed by atoms with Gasteiger partial charge >= 0.3 is 0 Å². The number of hydrogen-bond donors (Lipinski definition) is 0. The SMILES string of the molecule is Fc1ccc(-c2nc(-c3ccc(F)cc3)c(-c3ccc(Cl)cc3)cc2Cc2ccc(Cl)cc2)cc1. The predicted octanol–water partition coefficient (Wildman–Crippen LogP) is 9.26.